The molecule has 0 unspecified atom stereocenters. The van der Waals surface area contributed by atoms with Crippen LogP contribution in [0, 0.1) is 15.5 Å². The van der Waals surface area contributed by atoms with Crippen molar-refractivity contribution in [3.05, 3.63) is 52.6 Å². The molecule has 0 saturated carbocycles. The van der Waals surface area contributed by atoms with Gasteiger partial charge in [-0.05, 0) is 11.0 Å². The van der Waals surface area contributed by atoms with E-state index >= 15 is 0 Å². The summed E-state index contributed by atoms with van der Waals surface area (Å²) in [5, 5.41) is 10.8. The number of hydrogen-bond donors (Lipinski definition) is 0. The molecule has 104 valence electrons. The average molecular weight is 262 g/mol. The van der Waals surface area contributed by atoms with Gasteiger partial charge in [0.15, 0.2) is 0 Å². The molecule has 0 aliphatic carbocycles. The van der Waals surface area contributed by atoms with Crippen LogP contribution in [0.2, 0.25) is 0 Å². The normalized spacial score (nSPS) is 11.6. The smallest absolute Gasteiger partial charge is 0.269 e. The van der Waals surface area contributed by atoms with Gasteiger partial charge in [-0.2, -0.15) is 0 Å². The summed E-state index contributed by atoms with van der Waals surface area (Å²) in [4.78, 5) is 12.7. The highest BCUT2D eigenvalue weighted by Gasteiger charge is 2.16. The second kappa shape index (κ2) is 6.48. The molecule has 1 aromatic carbocycles. The van der Waals surface area contributed by atoms with Crippen molar-refractivity contribution >= 4 is 5.69 Å². The molecule has 0 atom stereocenters. The predicted molar refractivity (Wildman–Crippen MR) is 78.0 cm³/mol. The fourth-order valence-corrected chi connectivity index (χ4v) is 2.06. The fourth-order valence-electron chi connectivity index (χ4n) is 2.06. The van der Waals surface area contributed by atoms with E-state index in [9.17, 15) is 10.1 Å². The second-order valence-corrected chi connectivity index (χ2v) is 5.95. The molecule has 19 heavy (non-hydrogen) atoms. The first-order valence-corrected chi connectivity index (χ1v) is 6.38. The first-order chi connectivity index (χ1) is 8.81. The molecule has 0 fully saturated rings. The van der Waals surface area contributed by atoms with Crippen molar-refractivity contribution in [1.29, 1.82) is 0 Å². The molecule has 4 heteroatoms. The maximum atomic E-state index is 10.8. The van der Waals surface area contributed by atoms with Gasteiger partial charge in [0.2, 0.25) is 0 Å². The van der Waals surface area contributed by atoms with Gasteiger partial charge in [-0.25, -0.2) is 0 Å². The Kier molecular flexibility index (Phi) is 5.24. The van der Waals surface area contributed by atoms with Crippen LogP contribution < -0.4 is 0 Å². The summed E-state index contributed by atoms with van der Waals surface area (Å²) in [5.41, 5.74) is 1.29. The Bertz CT molecular complexity index is 450. The van der Waals surface area contributed by atoms with E-state index in [0.29, 0.717) is 6.54 Å². The summed E-state index contributed by atoms with van der Waals surface area (Å²) in [6.45, 7) is 12.7. The highest BCUT2D eigenvalue weighted by atomic mass is 16.6. The van der Waals surface area contributed by atoms with E-state index in [1.54, 1.807) is 12.1 Å². The molecule has 0 radical (unpaired) electrons. The molecule has 0 aromatic heterocycles. The number of non-ortho nitro benzene ring substituents is 1. The highest BCUT2D eigenvalue weighted by Crippen LogP contribution is 2.19. The van der Waals surface area contributed by atoms with Gasteiger partial charge in [0.25, 0.3) is 5.69 Å². The minimum absolute atomic E-state index is 0.145. The minimum atomic E-state index is -0.356. The van der Waals surface area contributed by atoms with E-state index in [1.807, 2.05) is 12.1 Å². The molecule has 1 rings (SSSR count). The Balaban J connectivity index is 2.81. The zero-order chi connectivity index (χ0) is 14.5. The number of hydrogen-bond acceptors (Lipinski definition) is 3. The highest BCUT2D eigenvalue weighted by molar-refractivity contribution is 5.34. The Labute approximate surface area is 114 Å². The number of nitro groups is 1. The van der Waals surface area contributed by atoms with Crippen LogP contribution in [0.5, 0.6) is 0 Å². The lowest BCUT2D eigenvalue weighted by Crippen LogP contribution is -2.32. The number of nitro benzene ring substituents is 1. The van der Waals surface area contributed by atoms with Gasteiger partial charge in [0.1, 0.15) is 0 Å². The van der Waals surface area contributed by atoms with E-state index in [4.69, 9.17) is 0 Å². The fraction of sp³-hybridized carbons (Fsp3) is 0.467. The molecule has 0 heterocycles. The molecule has 0 N–H and O–H groups in total. The minimum Gasteiger partial charge on any atom is -0.295 e. The van der Waals surface area contributed by atoms with Crippen LogP contribution in [0.3, 0.4) is 0 Å². The molecular weight excluding hydrogens is 240 g/mol. The van der Waals surface area contributed by atoms with Crippen molar-refractivity contribution in [1.82, 2.24) is 4.90 Å². The van der Waals surface area contributed by atoms with Gasteiger partial charge in [0.05, 0.1) is 4.92 Å². The lowest BCUT2D eigenvalue weighted by molar-refractivity contribution is -0.384. The molecule has 0 aliphatic rings. The Morgan fingerprint density at radius 3 is 2.63 bits per heavy atom. The Hall–Kier alpha value is -1.68. The summed E-state index contributed by atoms with van der Waals surface area (Å²) >= 11 is 0. The SMILES string of the molecule is C=CCN(Cc1cccc([N+](=O)[O-])c1)CC(C)(C)C. The van der Waals surface area contributed by atoms with Crippen molar-refractivity contribution in [3.63, 3.8) is 0 Å². The van der Waals surface area contributed by atoms with E-state index in [0.717, 1.165) is 18.7 Å². The van der Waals surface area contributed by atoms with Crippen LogP contribution in [0.15, 0.2) is 36.9 Å². The van der Waals surface area contributed by atoms with Crippen LogP contribution in [-0.2, 0) is 6.54 Å². The molecular formula is C15H22N2O2. The van der Waals surface area contributed by atoms with Crippen LogP contribution >= 0.6 is 0 Å². The number of rotatable bonds is 6. The maximum absolute atomic E-state index is 10.8. The standard InChI is InChI=1S/C15H22N2O2/c1-5-9-16(12-15(2,3)4)11-13-7-6-8-14(10-13)17(18)19/h5-8,10H,1,9,11-12H2,2-4H3. The van der Waals surface area contributed by atoms with E-state index in [-0.39, 0.29) is 16.0 Å². The largest absolute Gasteiger partial charge is 0.295 e. The lowest BCUT2D eigenvalue weighted by Gasteiger charge is -2.29. The van der Waals surface area contributed by atoms with Crippen molar-refractivity contribution in [3.8, 4) is 0 Å². The van der Waals surface area contributed by atoms with Gasteiger partial charge < -0.3 is 0 Å². The summed E-state index contributed by atoms with van der Waals surface area (Å²) in [6, 6.07) is 6.81. The summed E-state index contributed by atoms with van der Waals surface area (Å²) in [5.74, 6) is 0. The molecule has 1 aromatic rings. The quantitative estimate of drug-likeness (QED) is 0.447. The van der Waals surface area contributed by atoms with Gasteiger partial charge in [0, 0.05) is 31.8 Å². The van der Waals surface area contributed by atoms with Crippen LogP contribution in [0.1, 0.15) is 26.3 Å². The van der Waals surface area contributed by atoms with Crippen molar-refractivity contribution in [2.75, 3.05) is 13.1 Å². The van der Waals surface area contributed by atoms with Crippen LogP contribution in [-0.4, -0.2) is 22.9 Å². The van der Waals surface area contributed by atoms with Crippen LogP contribution in [0.25, 0.3) is 0 Å². The second-order valence-electron chi connectivity index (χ2n) is 5.95. The molecule has 0 bridgehead atoms. The van der Waals surface area contributed by atoms with Crippen molar-refractivity contribution in [2.24, 2.45) is 5.41 Å². The molecule has 0 saturated heterocycles. The van der Waals surface area contributed by atoms with Crippen molar-refractivity contribution < 1.29 is 4.92 Å². The monoisotopic (exact) mass is 262 g/mol. The number of nitrogens with zero attached hydrogens (tertiary/aromatic N) is 2. The third-order valence-corrected chi connectivity index (χ3v) is 2.61. The zero-order valence-corrected chi connectivity index (χ0v) is 11.9. The third kappa shape index (κ3) is 5.66. The first kappa shape index (κ1) is 15.4. The lowest BCUT2D eigenvalue weighted by atomic mass is 9.96. The van der Waals surface area contributed by atoms with E-state index in [1.165, 1.54) is 6.07 Å². The molecule has 4 nitrogen and oxygen atoms in total. The maximum Gasteiger partial charge on any atom is 0.269 e. The summed E-state index contributed by atoms with van der Waals surface area (Å²) in [7, 11) is 0. The predicted octanol–water partition coefficient (Wildman–Crippen LogP) is 3.63. The molecule has 0 aliphatic heterocycles. The van der Waals surface area contributed by atoms with E-state index < -0.39 is 0 Å². The van der Waals surface area contributed by atoms with Gasteiger partial charge >= 0.3 is 0 Å². The third-order valence-electron chi connectivity index (χ3n) is 2.61. The van der Waals surface area contributed by atoms with Gasteiger partial charge in [-0.3, -0.25) is 15.0 Å². The van der Waals surface area contributed by atoms with Gasteiger partial charge in [-0.1, -0.05) is 39.0 Å². The Morgan fingerprint density at radius 2 is 2.11 bits per heavy atom. The van der Waals surface area contributed by atoms with Crippen molar-refractivity contribution in [2.45, 2.75) is 27.3 Å². The van der Waals surface area contributed by atoms with E-state index in [2.05, 4.69) is 32.3 Å². The topological polar surface area (TPSA) is 46.4 Å². The Morgan fingerprint density at radius 1 is 1.42 bits per heavy atom. The first-order valence-electron chi connectivity index (χ1n) is 6.38. The van der Waals surface area contributed by atoms with Crippen LogP contribution in [0.4, 0.5) is 5.69 Å². The number of benzene rings is 1. The molecule has 0 amide bonds. The summed E-state index contributed by atoms with van der Waals surface area (Å²) < 4.78 is 0. The summed E-state index contributed by atoms with van der Waals surface area (Å²) in [6.07, 6.45) is 1.86. The van der Waals surface area contributed by atoms with Gasteiger partial charge in [-0.15, -0.1) is 6.58 Å². The molecule has 0 spiro atoms. The zero-order valence-electron chi connectivity index (χ0n) is 11.9. The average Bonchev–Trinajstić information content (AvgIpc) is 2.27.